The highest BCUT2D eigenvalue weighted by Crippen LogP contribution is 2.69. The first-order valence-electron chi connectivity index (χ1n) is 10.0. The van der Waals surface area contributed by atoms with Crippen molar-refractivity contribution < 1.29 is 14.3 Å². The highest BCUT2D eigenvalue weighted by Gasteiger charge is 2.73. The second-order valence-corrected chi connectivity index (χ2v) is 9.38. The molecular weight excluding hydrogens is 433 g/mol. The van der Waals surface area contributed by atoms with Crippen molar-refractivity contribution >= 4 is 40.7 Å². The van der Waals surface area contributed by atoms with E-state index in [9.17, 15) is 9.59 Å². The van der Waals surface area contributed by atoms with E-state index >= 15 is 0 Å². The zero-order chi connectivity index (χ0) is 21.5. The lowest BCUT2D eigenvalue weighted by Gasteiger charge is -2.54. The predicted molar refractivity (Wildman–Crippen MR) is 119 cm³/mol. The molecule has 3 aliphatic carbocycles. The van der Waals surface area contributed by atoms with Crippen molar-refractivity contribution in [2.45, 2.75) is 9.75 Å². The number of nitrogens with zero attached hydrogens (tertiary/aromatic N) is 1. The van der Waals surface area contributed by atoms with Crippen molar-refractivity contribution in [2.24, 2.45) is 11.8 Å². The van der Waals surface area contributed by atoms with Crippen LogP contribution in [-0.2, 0) is 19.3 Å². The van der Waals surface area contributed by atoms with Gasteiger partial charge in [-0.3, -0.25) is 9.59 Å². The van der Waals surface area contributed by atoms with Gasteiger partial charge in [-0.15, -0.1) is 23.2 Å². The van der Waals surface area contributed by atoms with Crippen molar-refractivity contribution in [2.75, 3.05) is 12.0 Å². The smallest absolute Gasteiger partial charge is 0.240 e. The molecule has 4 aliphatic rings. The number of hydrogen-bond acceptors (Lipinski definition) is 3. The average molecular weight is 450 g/mol. The van der Waals surface area contributed by atoms with E-state index in [0.29, 0.717) is 11.4 Å². The monoisotopic (exact) mass is 449 g/mol. The number of alkyl halides is 2. The summed E-state index contributed by atoms with van der Waals surface area (Å²) in [5, 5.41) is 0. The molecule has 2 atom stereocenters. The highest BCUT2D eigenvalue weighted by atomic mass is 35.5. The topological polar surface area (TPSA) is 46.6 Å². The minimum atomic E-state index is -1.17. The molecule has 1 heterocycles. The summed E-state index contributed by atoms with van der Waals surface area (Å²) in [4.78, 5) is 26.5. The van der Waals surface area contributed by atoms with Gasteiger partial charge in [-0.05, 0) is 34.4 Å². The molecule has 2 amide bonds. The third-order valence-electron chi connectivity index (χ3n) is 6.90. The predicted octanol–water partition coefficient (Wildman–Crippen LogP) is 4.79. The fourth-order valence-electron chi connectivity index (χ4n) is 5.67. The average Bonchev–Trinajstić information content (AvgIpc) is 3.08. The zero-order valence-corrected chi connectivity index (χ0v) is 18.0. The molecule has 0 spiro atoms. The summed E-state index contributed by atoms with van der Waals surface area (Å²) in [5.41, 5.74) is 3.62. The Hall–Kier alpha value is -2.82. The molecule has 2 bridgehead atoms. The number of amides is 2. The molecule has 6 heteroatoms. The van der Waals surface area contributed by atoms with Gasteiger partial charge in [0.2, 0.25) is 11.8 Å². The van der Waals surface area contributed by atoms with Gasteiger partial charge in [0.15, 0.2) is 0 Å². The van der Waals surface area contributed by atoms with Gasteiger partial charge in [-0.2, -0.15) is 0 Å². The lowest BCUT2D eigenvalue weighted by atomic mass is 9.54. The van der Waals surface area contributed by atoms with Crippen molar-refractivity contribution in [3.05, 3.63) is 95.1 Å². The quantitative estimate of drug-likeness (QED) is 0.417. The first-order chi connectivity index (χ1) is 14.9. The van der Waals surface area contributed by atoms with E-state index in [1.165, 1.54) is 4.90 Å². The van der Waals surface area contributed by atoms with Gasteiger partial charge in [0, 0.05) is 6.07 Å². The number of imide groups is 1. The van der Waals surface area contributed by atoms with Gasteiger partial charge in [0.1, 0.15) is 15.5 Å². The molecule has 0 unspecified atom stereocenters. The van der Waals surface area contributed by atoms with Gasteiger partial charge in [0.25, 0.3) is 0 Å². The zero-order valence-electron chi connectivity index (χ0n) is 16.5. The molecule has 7 rings (SSSR count). The fraction of sp³-hybridized carbons (Fsp3) is 0.200. The number of ether oxygens (including phenoxy) is 1. The van der Waals surface area contributed by atoms with E-state index in [1.54, 1.807) is 31.4 Å². The number of rotatable bonds is 2. The summed E-state index contributed by atoms with van der Waals surface area (Å²) < 4.78 is 5.30. The molecule has 1 saturated heterocycles. The molecule has 3 aromatic carbocycles. The number of hydrogen-bond donors (Lipinski definition) is 0. The van der Waals surface area contributed by atoms with Gasteiger partial charge in [0.05, 0.1) is 24.6 Å². The highest BCUT2D eigenvalue weighted by molar-refractivity contribution is 6.38. The molecule has 3 aromatic rings. The number of methoxy groups -OCH3 is 1. The van der Waals surface area contributed by atoms with Crippen LogP contribution >= 0.6 is 23.2 Å². The van der Waals surface area contributed by atoms with E-state index in [1.807, 2.05) is 48.5 Å². The van der Waals surface area contributed by atoms with Crippen LogP contribution < -0.4 is 9.64 Å². The molecule has 1 aliphatic heterocycles. The van der Waals surface area contributed by atoms with Crippen LogP contribution in [0.25, 0.3) is 0 Å². The van der Waals surface area contributed by atoms with Crippen LogP contribution in [0.5, 0.6) is 5.75 Å². The van der Waals surface area contributed by atoms with Crippen molar-refractivity contribution in [1.29, 1.82) is 0 Å². The Kier molecular flexibility index (Phi) is 3.73. The number of carbonyl (C=O) groups is 2. The number of anilines is 1. The lowest BCUT2D eigenvalue weighted by Crippen LogP contribution is -2.57. The van der Waals surface area contributed by atoms with Crippen LogP contribution in [0.1, 0.15) is 22.3 Å². The standard InChI is InChI=1S/C25H17Cl2NO3/c1-31-15-8-6-7-14(13-15)28-22(29)20-21(23(28)30)25(27)17-10-3-2-9-16(17)24(20,26)18-11-4-5-12-19(18)25/h2-13,20-21H,1H3/t20-,21+,24?,25?. The van der Waals surface area contributed by atoms with Crippen LogP contribution in [0.4, 0.5) is 5.69 Å². The maximum Gasteiger partial charge on any atom is 0.240 e. The van der Waals surface area contributed by atoms with Crippen LogP contribution in [0, 0.1) is 11.8 Å². The van der Waals surface area contributed by atoms with Gasteiger partial charge < -0.3 is 4.74 Å². The third-order valence-corrected chi connectivity index (χ3v) is 8.18. The molecular formula is C25H17Cl2NO3. The van der Waals surface area contributed by atoms with Gasteiger partial charge in [-0.1, -0.05) is 54.6 Å². The second-order valence-electron chi connectivity index (χ2n) is 8.18. The Balaban J connectivity index is 1.64. The summed E-state index contributed by atoms with van der Waals surface area (Å²) in [6.07, 6.45) is 0. The maximum atomic E-state index is 13.8. The SMILES string of the molecule is COc1cccc(N2C(=O)[C@@H]3[C@H](C2=O)C2(Cl)c4ccccc4C3(Cl)c3ccccc32)c1. The van der Waals surface area contributed by atoms with Gasteiger partial charge in [-0.25, -0.2) is 4.90 Å². The molecule has 1 fully saturated rings. The lowest BCUT2D eigenvalue weighted by molar-refractivity contribution is -0.122. The maximum absolute atomic E-state index is 13.8. The molecule has 0 N–H and O–H groups in total. The largest absolute Gasteiger partial charge is 0.497 e. The third kappa shape index (κ3) is 2.07. The van der Waals surface area contributed by atoms with E-state index in [-0.39, 0.29) is 11.8 Å². The molecule has 0 aromatic heterocycles. The van der Waals surface area contributed by atoms with Crippen LogP contribution in [-0.4, -0.2) is 18.9 Å². The minimum absolute atomic E-state index is 0.340. The fourth-order valence-corrected chi connectivity index (χ4v) is 6.77. The van der Waals surface area contributed by atoms with E-state index in [2.05, 4.69) is 0 Å². The van der Waals surface area contributed by atoms with E-state index in [0.717, 1.165) is 22.3 Å². The van der Waals surface area contributed by atoms with Crippen molar-refractivity contribution in [3.63, 3.8) is 0 Å². The minimum Gasteiger partial charge on any atom is -0.497 e. The summed E-state index contributed by atoms with van der Waals surface area (Å²) in [7, 11) is 1.54. The van der Waals surface area contributed by atoms with E-state index < -0.39 is 21.6 Å². The molecule has 4 nitrogen and oxygen atoms in total. The van der Waals surface area contributed by atoms with Gasteiger partial charge >= 0.3 is 0 Å². The Labute approximate surface area is 189 Å². The van der Waals surface area contributed by atoms with Crippen LogP contribution in [0.2, 0.25) is 0 Å². The second kappa shape index (κ2) is 6.12. The number of halogens is 2. The summed E-state index contributed by atoms with van der Waals surface area (Å²) >= 11 is 14.8. The summed E-state index contributed by atoms with van der Waals surface area (Å²) in [6, 6.07) is 22.1. The van der Waals surface area contributed by atoms with Crippen molar-refractivity contribution in [3.8, 4) is 5.75 Å². The number of benzene rings is 3. The van der Waals surface area contributed by atoms with Crippen LogP contribution in [0.15, 0.2) is 72.8 Å². The Morgan fingerprint density at radius 3 is 1.61 bits per heavy atom. The Morgan fingerprint density at radius 1 is 0.742 bits per heavy atom. The summed E-state index contributed by atoms with van der Waals surface area (Å²) in [5.74, 6) is -1.74. The Bertz CT molecular complexity index is 1170. The summed E-state index contributed by atoms with van der Waals surface area (Å²) in [6.45, 7) is 0. The van der Waals surface area contributed by atoms with Crippen molar-refractivity contribution in [1.82, 2.24) is 0 Å². The molecule has 31 heavy (non-hydrogen) atoms. The van der Waals surface area contributed by atoms with Crippen LogP contribution in [0.3, 0.4) is 0 Å². The molecule has 0 saturated carbocycles. The van der Waals surface area contributed by atoms with E-state index in [4.69, 9.17) is 27.9 Å². The molecule has 154 valence electrons. The number of carbonyl (C=O) groups excluding carboxylic acids is 2. The normalized spacial score (nSPS) is 30.1. The first-order valence-corrected chi connectivity index (χ1v) is 10.8. The molecule has 0 radical (unpaired) electrons. The first kappa shape index (κ1) is 18.9. The Morgan fingerprint density at radius 2 is 1.19 bits per heavy atom.